The lowest BCUT2D eigenvalue weighted by atomic mass is 10.2. The van der Waals surface area contributed by atoms with Gasteiger partial charge in [0.15, 0.2) is 0 Å². The molecule has 1 aromatic heterocycles. The van der Waals surface area contributed by atoms with Crippen LogP contribution < -0.4 is 9.47 Å². The second-order valence-electron chi connectivity index (χ2n) is 5.71. The van der Waals surface area contributed by atoms with Crippen molar-refractivity contribution in [1.82, 2.24) is 4.98 Å². The Kier molecular flexibility index (Phi) is 4.29. The second-order valence-corrected chi connectivity index (χ2v) is 5.71. The van der Waals surface area contributed by atoms with E-state index in [-0.39, 0.29) is 0 Å². The Labute approximate surface area is 146 Å². The summed E-state index contributed by atoms with van der Waals surface area (Å²) < 4.78 is 11.7. The number of pyridine rings is 1. The third-order valence-corrected chi connectivity index (χ3v) is 3.88. The summed E-state index contributed by atoms with van der Waals surface area (Å²) in [5.74, 6) is 2.48. The van der Waals surface area contributed by atoms with E-state index in [1.165, 1.54) is 0 Å². The molecule has 0 fully saturated rings. The van der Waals surface area contributed by atoms with E-state index in [9.17, 15) is 0 Å². The Bertz CT molecular complexity index is 966. The quantitative estimate of drug-likeness (QED) is 0.478. The molecule has 3 heteroatoms. The minimum atomic E-state index is 0.511. The molecule has 4 rings (SSSR count). The van der Waals surface area contributed by atoms with E-state index in [4.69, 9.17) is 9.47 Å². The lowest BCUT2D eigenvalue weighted by molar-refractivity contribution is 0.306. The molecule has 0 bridgehead atoms. The summed E-state index contributed by atoms with van der Waals surface area (Å²) in [4.78, 5) is 4.32. The highest BCUT2D eigenvalue weighted by Crippen LogP contribution is 2.23. The highest BCUT2D eigenvalue weighted by Gasteiger charge is 2.01. The van der Waals surface area contributed by atoms with Gasteiger partial charge in [-0.15, -0.1) is 0 Å². The van der Waals surface area contributed by atoms with Gasteiger partial charge in [-0.05, 0) is 54.1 Å². The molecule has 3 nitrogen and oxygen atoms in total. The van der Waals surface area contributed by atoms with Crippen molar-refractivity contribution < 1.29 is 9.47 Å². The first-order valence-electron chi connectivity index (χ1n) is 8.16. The van der Waals surface area contributed by atoms with Crippen LogP contribution in [-0.4, -0.2) is 4.98 Å². The van der Waals surface area contributed by atoms with Crippen molar-refractivity contribution >= 4 is 10.9 Å². The van der Waals surface area contributed by atoms with Crippen LogP contribution in [0.25, 0.3) is 10.9 Å². The third kappa shape index (κ3) is 3.78. The molecule has 0 aliphatic rings. The molecule has 1 heterocycles. The van der Waals surface area contributed by atoms with Gasteiger partial charge >= 0.3 is 0 Å². The Morgan fingerprint density at radius 3 is 2.28 bits per heavy atom. The van der Waals surface area contributed by atoms with E-state index < -0.39 is 0 Å². The molecule has 0 atom stereocenters. The number of hydrogen-bond acceptors (Lipinski definition) is 3. The number of ether oxygens (including phenoxy) is 2. The normalized spacial score (nSPS) is 10.6. The molecule has 0 N–H and O–H groups in total. The zero-order valence-corrected chi connectivity index (χ0v) is 13.6. The van der Waals surface area contributed by atoms with Gasteiger partial charge in [0, 0.05) is 11.6 Å². The standard InChI is InChI=1S/C22H17NO2/c1-2-6-19(7-3-1)25-20-10-8-17(9-11-20)16-24-21-12-13-22-18(15-21)5-4-14-23-22/h1-15H,16H2. The summed E-state index contributed by atoms with van der Waals surface area (Å²) in [6, 6.07) is 27.6. The molecular weight excluding hydrogens is 310 g/mol. The van der Waals surface area contributed by atoms with Gasteiger partial charge in [-0.2, -0.15) is 0 Å². The minimum absolute atomic E-state index is 0.511. The summed E-state index contributed by atoms with van der Waals surface area (Å²) in [6.45, 7) is 0.511. The zero-order valence-electron chi connectivity index (χ0n) is 13.6. The topological polar surface area (TPSA) is 31.4 Å². The molecular formula is C22H17NO2. The summed E-state index contributed by atoms with van der Waals surface area (Å²) in [5.41, 5.74) is 2.06. The Morgan fingerprint density at radius 2 is 1.44 bits per heavy atom. The van der Waals surface area contributed by atoms with Crippen LogP contribution in [0.15, 0.2) is 91.1 Å². The molecule has 0 saturated heterocycles. The van der Waals surface area contributed by atoms with Gasteiger partial charge in [-0.1, -0.05) is 36.4 Å². The zero-order chi connectivity index (χ0) is 16.9. The van der Waals surface area contributed by atoms with Crippen molar-refractivity contribution in [3.05, 3.63) is 96.7 Å². The second kappa shape index (κ2) is 7.05. The van der Waals surface area contributed by atoms with Crippen LogP contribution >= 0.6 is 0 Å². The summed E-state index contributed by atoms with van der Waals surface area (Å²) in [7, 11) is 0. The first-order chi connectivity index (χ1) is 12.4. The van der Waals surface area contributed by atoms with Gasteiger partial charge < -0.3 is 9.47 Å². The fourth-order valence-corrected chi connectivity index (χ4v) is 2.59. The molecule has 0 unspecified atom stereocenters. The molecule has 3 aromatic carbocycles. The monoisotopic (exact) mass is 327 g/mol. The molecule has 0 amide bonds. The number of benzene rings is 3. The predicted molar refractivity (Wildman–Crippen MR) is 99.0 cm³/mol. The van der Waals surface area contributed by atoms with Gasteiger partial charge in [0.2, 0.25) is 0 Å². The van der Waals surface area contributed by atoms with Crippen molar-refractivity contribution in [1.29, 1.82) is 0 Å². The van der Waals surface area contributed by atoms with Crippen molar-refractivity contribution in [2.75, 3.05) is 0 Å². The van der Waals surface area contributed by atoms with Gasteiger partial charge in [0.05, 0.1) is 5.52 Å². The lowest BCUT2D eigenvalue weighted by Crippen LogP contribution is -1.95. The van der Waals surface area contributed by atoms with Gasteiger partial charge in [-0.25, -0.2) is 0 Å². The van der Waals surface area contributed by atoms with Crippen LogP contribution in [0.4, 0.5) is 0 Å². The minimum Gasteiger partial charge on any atom is -0.489 e. The van der Waals surface area contributed by atoms with Crippen molar-refractivity contribution in [2.24, 2.45) is 0 Å². The maximum Gasteiger partial charge on any atom is 0.127 e. The molecule has 122 valence electrons. The third-order valence-electron chi connectivity index (χ3n) is 3.88. The highest BCUT2D eigenvalue weighted by atomic mass is 16.5. The van der Waals surface area contributed by atoms with Crippen LogP contribution in [0.2, 0.25) is 0 Å². The molecule has 0 saturated carbocycles. The van der Waals surface area contributed by atoms with E-state index in [2.05, 4.69) is 4.98 Å². The molecule has 25 heavy (non-hydrogen) atoms. The van der Waals surface area contributed by atoms with Crippen LogP contribution in [0.3, 0.4) is 0 Å². The molecule has 0 radical (unpaired) electrons. The van der Waals surface area contributed by atoms with E-state index in [0.29, 0.717) is 6.61 Å². The van der Waals surface area contributed by atoms with E-state index in [1.54, 1.807) is 6.20 Å². The fraction of sp³-hybridized carbons (Fsp3) is 0.0455. The van der Waals surface area contributed by atoms with Gasteiger partial charge in [0.25, 0.3) is 0 Å². The van der Waals surface area contributed by atoms with E-state index >= 15 is 0 Å². The van der Waals surface area contributed by atoms with Crippen molar-refractivity contribution in [2.45, 2.75) is 6.61 Å². The van der Waals surface area contributed by atoms with Crippen molar-refractivity contribution in [3.63, 3.8) is 0 Å². The summed E-state index contributed by atoms with van der Waals surface area (Å²) >= 11 is 0. The summed E-state index contributed by atoms with van der Waals surface area (Å²) in [5, 5.41) is 1.08. The van der Waals surface area contributed by atoms with Gasteiger partial charge in [0.1, 0.15) is 23.9 Å². The smallest absolute Gasteiger partial charge is 0.127 e. The molecule has 0 spiro atoms. The number of para-hydroxylation sites is 1. The van der Waals surface area contributed by atoms with Gasteiger partial charge in [-0.3, -0.25) is 4.98 Å². The highest BCUT2D eigenvalue weighted by molar-refractivity contribution is 5.79. The van der Waals surface area contributed by atoms with Crippen LogP contribution in [0.5, 0.6) is 17.2 Å². The average molecular weight is 327 g/mol. The van der Waals surface area contributed by atoms with Crippen LogP contribution in [0, 0.1) is 0 Å². The molecule has 4 aromatic rings. The van der Waals surface area contributed by atoms with E-state index in [0.717, 1.165) is 33.7 Å². The number of aromatic nitrogens is 1. The largest absolute Gasteiger partial charge is 0.489 e. The molecule has 0 aliphatic heterocycles. The SMILES string of the molecule is c1ccc(Oc2ccc(COc3ccc4ncccc4c3)cc2)cc1. The Balaban J connectivity index is 1.40. The average Bonchev–Trinajstić information content (AvgIpc) is 2.68. The van der Waals surface area contributed by atoms with E-state index in [1.807, 2.05) is 84.9 Å². The number of hydrogen-bond donors (Lipinski definition) is 0. The Morgan fingerprint density at radius 1 is 0.680 bits per heavy atom. The Hall–Kier alpha value is -3.33. The first-order valence-corrected chi connectivity index (χ1v) is 8.16. The lowest BCUT2D eigenvalue weighted by Gasteiger charge is -2.09. The first kappa shape index (κ1) is 15.2. The summed E-state index contributed by atoms with van der Waals surface area (Å²) in [6.07, 6.45) is 1.79. The maximum atomic E-state index is 5.89. The van der Waals surface area contributed by atoms with Crippen LogP contribution in [0.1, 0.15) is 5.56 Å². The molecule has 0 aliphatic carbocycles. The van der Waals surface area contributed by atoms with Crippen molar-refractivity contribution in [3.8, 4) is 17.2 Å². The fourth-order valence-electron chi connectivity index (χ4n) is 2.59. The maximum absolute atomic E-state index is 5.89. The predicted octanol–water partition coefficient (Wildman–Crippen LogP) is 5.61. The van der Waals surface area contributed by atoms with Crippen LogP contribution in [-0.2, 0) is 6.61 Å². The number of nitrogens with zero attached hydrogens (tertiary/aromatic N) is 1. The number of fused-ring (bicyclic) bond motifs is 1. The number of rotatable bonds is 5.